The summed E-state index contributed by atoms with van der Waals surface area (Å²) in [6.45, 7) is 1.74. The maximum absolute atomic E-state index is 14.5. The second kappa shape index (κ2) is 7.91. The van der Waals surface area contributed by atoms with Crippen molar-refractivity contribution in [2.45, 2.75) is 6.92 Å². The highest BCUT2D eigenvalue weighted by atomic mass is 35.5. The van der Waals surface area contributed by atoms with Crippen LogP contribution in [0, 0.1) is 18.6 Å². The standard InChI is InChI=1S/C19H13ClF2N6O2/c1-9-2-3-15(28-27-9)26-19(29)25-10-6-12(21)17(13(22)7-10)30-14-4-5-23-18-16(14)11(20)8-24-18/h2-8H,1H3,(H,23,24)(H2,25,26,28,29). The summed E-state index contributed by atoms with van der Waals surface area (Å²) in [4.78, 5) is 18.9. The van der Waals surface area contributed by atoms with Crippen molar-refractivity contribution in [2.75, 3.05) is 10.6 Å². The molecule has 1 aromatic carbocycles. The van der Waals surface area contributed by atoms with Crippen LogP contribution in [0.2, 0.25) is 5.02 Å². The molecule has 0 saturated carbocycles. The fourth-order valence-electron chi connectivity index (χ4n) is 2.66. The first-order valence-electron chi connectivity index (χ1n) is 8.57. The van der Waals surface area contributed by atoms with Gasteiger partial charge in [-0.15, -0.1) is 5.10 Å². The van der Waals surface area contributed by atoms with Gasteiger partial charge in [-0.05, 0) is 25.1 Å². The number of halogens is 3. The van der Waals surface area contributed by atoms with Crippen LogP contribution in [0.1, 0.15) is 5.69 Å². The Kier molecular flexibility index (Phi) is 5.15. The van der Waals surface area contributed by atoms with Gasteiger partial charge in [-0.1, -0.05) is 11.6 Å². The van der Waals surface area contributed by atoms with Gasteiger partial charge < -0.3 is 15.0 Å². The minimum Gasteiger partial charge on any atom is -0.450 e. The van der Waals surface area contributed by atoms with E-state index in [0.29, 0.717) is 21.7 Å². The Morgan fingerprint density at radius 1 is 1.13 bits per heavy atom. The van der Waals surface area contributed by atoms with Crippen LogP contribution in [0.5, 0.6) is 11.5 Å². The Balaban J connectivity index is 1.54. The number of carbonyl (C=O) groups excluding carboxylic acids is 1. The summed E-state index contributed by atoms with van der Waals surface area (Å²) in [6.07, 6.45) is 2.90. The number of amides is 2. The Morgan fingerprint density at radius 2 is 1.90 bits per heavy atom. The molecule has 3 aromatic heterocycles. The molecule has 4 aromatic rings. The number of H-pyrrole nitrogens is 1. The van der Waals surface area contributed by atoms with E-state index in [2.05, 4.69) is 30.8 Å². The van der Waals surface area contributed by atoms with Gasteiger partial charge in [0.05, 0.1) is 16.1 Å². The van der Waals surface area contributed by atoms with Crippen LogP contribution in [-0.2, 0) is 0 Å². The molecule has 3 N–H and O–H groups in total. The molecule has 3 heterocycles. The molecule has 0 aliphatic rings. The number of aromatic amines is 1. The maximum Gasteiger partial charge on any atom is 0.324 e. The van der Waals surface area contributed by atoms with Crippen LogP contribution < -0.4 is 15.4 Å². The largest absolute Gasteiger partial charge is 0.450 e. The number of ether oxygens (including phenoxy) is 1. The number of pyridine rings is 1. The molecule has 0 saturated heterocycles. The lowest BCUT2D eigenvalue weighted by atomic mass is 10.2. The van der Waals surface area contributed by atoms with Crippen LogP contribution >= 0.6 is 11.6 Å². The summed E-state index contributed by atoms with van der Waals surface area (Å²) >= 11 is 6.08. The number of anilines is 2. The van der Waals surface area contributed by atoms with Gasteiger partial charge in [0.1, 0.15) is 11.4 Å². The molecule has 8 nitrogen and oxygen atoms in total. The summed E-state index contributed by atoms with van der Waals surface area (Å²) in [5.74, 6) is -2.37. The molecule has 0 atom stereocenters. The molecule has 0 radical (unpaired) electrons. The molecule has 0 unspecified atom stereocenters. The van der Waals surface area contributed by atoms with E-state index in [1.165, 1.54) is 18.5 Å². The van der Waals surface area contributed by atoms with E-state index in [4.69, 9.17) is 16.3 Å². The summed E-state index contributed by atoms with van der Waals surface area (Å²) in [5, 5.41) is 13.0. The average molecular weight is 431 g/mol. The fourth-order valence-corrected chi connectivity index (χ4v) is 2.89. The van der Waals surface area contributed by atoms with Gasteiger partial charge in [-0.25, -0.2) is 18.6 Å². The van der Waals surface area contributed by atoms with Crippen molar-refractivity contribution in [3.8, 4) is 11.5 Å². The van der Waals surface area contributed by atoms with Crippen LogP contribution in [-0.4, -0.2) is 26.2 Å². The second-order valence-electron chi connectivity index (χ2n) is 6.18. The minimum absolute atomic E-state index is 0.116. The molecule has 2 amide bonds. The third-order valence-corrected chi connectivity index (χ3v) is 4.29. The van der Waals surface area contributed by atoms with Gasteiger partial charge in [0.15, 0.2) is 23.2 Å². The van der Waals surface area contributed by atoms with Crippen molar-refractivity contribution in [1.82, 2.24) is 20.2 Å². The van der Waals surface area contributed by atoms with Gasteiger partial charge in [0.25, 0.3) is 0 Å². The summed E-state index contributed by atoms with van der Waals surface area (Å²) in [6, 6.07) is 5.74. The predicted octanol–water partition coefficient (Wildman–Crippen LogP) is 5.03. The molecule has 152 valence electrons. The number of benzene rings is 1. The predicted molar refractivity (Wildman–Crippen MR) is 107 cm³/mol. The molecule has 30 heavy (non-hydrogen) atoms. The van der Waals surface area contributed by atoms with Gasteiger partial charge in [-0.3, -0.25) is 5.32 Å². The van der Waals surface area contributed by atoms with E-state index in [1.54, 1.807) is 19.1 Å². The van der Waals surface area contributed by atoms with Crippen molar-refractivity contribution < 1.29 is 18.3 Å². The number of hydrogen-bond acceptors (Lipinski definition) is 5. The smallest absolute Gasteiger partial charge is 0.324 e. The maximum atomic E-state index is 14.5. The summed E-state index contributed by atoms with van der Waals surface area (Å²) in [5.41, 5.74) is 0.968. The molecular formula is C19H13ClF2N6O2. The van der Waals surface area contributed by atoms with E-state index in [-0.39, 0.29) is 17.3 Å². The lowest BCUT2D eigenvalue weighted by Gasteiger charge is -2.12. The van der Waals surface area contributed by atoms with Gasteiger partial charge >= 0.3 is 6.03 Å². The van der Waals surface area contributed by atoms with Crippen molar-refractivity contribution in [1.29, 1.82) is 0 Å². The fraction of sp³-hybridized carbons (Fsp3) is 0.0526. The quantitative estimate of drug-likeness (QED) is 0.421. The van der Waals surface area contributed by atoms with Crippen LogP contribution in [0.25, 0.3) is 11.0 Å². The van der Waals surface area contributed by atoms with Crippen molar-refractivity contribution in [2.24, 2.45) is 0 Å². The normalized spacial score (nSPS) is 10.8. The highest BCUT2D eigenvalue weighted by molar-refractivity contribution is 6.36. The van der Waals surface area contributed by atoms with E-state index in [0.717, 1.165) is 12.1 Å². The molecule has 0 bridgehead atoms. The van der Waals surface area contributed by atoms with Crippen LogP contribution in [0.3, 0.4) is 0 Å². The van der Waals surface area contributed by atoms with E-state index in [9.17, 15) is 13.6 Å². The lowest BCUT2D eigenvalue weighted by Crippen LogP contribution is -2.20. The SMILES string of the molecule is Cc1ccc(NC(=O)Nc2cc(F)c(Oc3ccnc4[nH]cc(Cl)c34)c(F)c2)nn1. The molecule has 0 aliphatic heterocycles. The number of nitrogens with zero attached hydrogens (tertiary/aromatic N) is 3. The summed E-state index contributed by atoms with van der Waals surface area (Å²) < 4.78 is 34.5. The molecular weight excluding hydrogens is 418 g/mol. The van der Waals surface area contributed by atoms with Crippen molar-refractivity contribution in [3.63, 3.8) is 0 Å². The Bertz CT molecular complexity index is 1220. The third-order valence-electron chi connectivity index (χ3n) is 3.99. The van der Waals surface area contributed by atoms with E-state index >= 15 is 0 Å². The van der Waals surface area contributed by atoms with E-state index in [1.807, 2.05) is 0 Å². The third kappa shape index (κ3) is 3.98. The van der Waals surface area contributed by atoms with Crippen molar-refractivity contribution >= 4 is 40.2 Å². The van der Waals surface area contributed by atoms with Gasteiger partial charge in [0.2, 0.25) is 0 Å². The Hall–Kier alpha value is -3.79. The zero-order chi connectivity index (χ0) is 21.3. The molecule has 11 heteroatoms. The molecule has 0 fully saturated rings. The summed E-state index contributed by atoms with van der Waals surface area (Å²) in [7, 11) is 0. The number of carbonyl (C=O) groups is 1. The molecule has 0 aliphatic carbocycles. The average Bonchev–Trinajstić information content (AvgIpc) is 3.08. The first-order valence-corrected chi connectivity index (χ1v) is 8.95. The first kappa shape index (κ1) is 19.5. The highest BCUT2D eigenvalue weighted by Gasteiger charge is 2.18. The highest BCUT2D eigenvalue weighted by Crippen LogP contribution is 2.36. The van der Waals surface area contributed by atoms with Gasteiger partial charge in [-0.2, -0.15) is 5.10 Å². The molecule has 0 spiro atoms. The second-order valence-corrected chi connectivity index (χ2v) is 6.59. The number of hydrogen-bond donors (Lipinski definition) is 3. The number of aromatic nitrogens is 4. The number of nitrogens with one attached hydrogen (secondary N) is 3. The topological polar surface area (TPSA) is 105 Å². The number of aryl methyl sites for hydroxylation is 1. The van der Waals surface area contributed by atoms with E-state index < -0.39 is 23.4 Å². The number of fused-ring (bicyclic) bond motifs is 1. The first-order chi connectivity index (χ1) is 14.4. The minimum atomic E-state index is -1.02. The van der Waals surface area contributed by atoms with Crippen LogP contribution in [0.15, 0.2) is 42.7 Å². The van der Waals surface area contributed by atoms with Crippen LogP contribution in [0.4, 0.5) is 25.1 Å². The Labute approximate surface area is 173 Å². The number of rotatable bonds is 4. The molecule has 4 rings (SSSR count). The monoisotopic (exact) mass is 430 g/mol. The zero-order valence-corrected chi connectivity index (χ0v) is 16.1. The van der Waals surface area contributed by atoms with Gasteiger partial charge in [0, 0.05) is 30.2 Å². The number of urea groups is 1. The Morgan fingerprint density at radius 3 is 2.60 bits per heavy atom. The zero-order valence-electron chi connectivity index (χ0n) is 15.3. The lowest BCUT2D eigenvalue weighted by molar-refractivity contribution is 0.262. The van der Waals surface area contributed by atoms with Crippen molar-refractivity contribution in [3.05, 3.63) is 65.1 Å².